The lowest BCUT2D eigenvalue weighted by atomic mass is 9.86. The van der Waals surface area contributed by atoms with Crippen LogP contribution in [0.1, 0.15) is 38.4 Å². The van der Waals surface area contributed by atoms with E-state index < -0.39 is 12.0 Å². The standard InChI is InChI=1S/C17H20F3N3O/c1-10-5-3-4-6-13(10)21-15-12-8-7-11(24-2)9-14(12)22-16(23-15)17(18,19)20/h7-10,13H,3-6H2,1-2H3,(H,21,22,23). The molecule has 1 fully saturated rings. The molecule has 1 saturated carbocycles. The first-order valence-electron chi connectivity index (χ1n) is 8.08. The zero-order chi connectivity index (χ0) is 17.3. The quantitative estimate of drug-likeness (QED) is 0.884. The van der Waals surface area contributed by atoms with Crippen LogP contribution in [-0.4, -0.2) is 23.1 Å². The maximum Gasteiger partial charge on any atom is 0.451 e. The van der Waals surface area contributed by atoms with E-state index in [2.05, 4.69) is 22.2 Å². The Morgan fingerprint density at radius 1 is 1.17 bits per heavy atom. The number of alkyl halides is 3. The van der Waals surface area contributed by atoms with Gasteiger partial charge in [-0.05, 0) is 30.9 Å². The number of nitrogens with one attached hydrogen (secondary N) is 1. The summed E-state index contributed by atoms with van der Waals surface area (Å²) in [5, 5.41) is 3.80. The molecular formula is C17H20F3N3O. The highest BCUT2D eigenvalue weighted by Crippen LogP contribution is 2.33. The van der Waals surface area contributed by atoms with Crippen molar-refractivity contribution in [3.8, 4) is 5.75 Å². The topological polar surface area (TPSA) is 47.0 Å². The van der Waals surface area contributed by atoms with Gasteiger partial charge in [-0.2, -0.15) is 13.2 Å². The number of ether oxygens (including phenoxy) is 1. The summed E-state index contributed by atoms with van der Waals surface area (Å²) in [5.74, 6) is -0.0226. The van der Waals surface area contributed by atoms with Crippen LogP contribution in [0.2, 0.25) is 0 Å². The number of rotatable bonds is 3. The zero-order valence-electron chi connectivity index (χ0n) is 13.7. The summed E-state index contributed by atoms with van der Waals surface area (Å²) >= 11 is 0. The lowest BCUT2D eigenvalue weighted by molar-refractivity contribution is -0.144. The third kappa shape index (κ3) is 3.39. The highest BCUT2D eigenvalue weighted by molar-refractivity contribution is 5.90. The Balaban J connectivity index is 2.06. The minimum Gasteiger partial charge on any atom is -0.497 e. The van der Waals surface area contributed by atoms with E-state index in [1.54, 1.807) is 12.1 Å². The molecule has 7 heteroatoms. The Hall–Kier alpha value is -2.05. The molecule has 4 nitrogen and oxygen atoms in total. The van der Waals surface area contributed by atoms with Crippen LogP contribution in [0.4, 0.5) is 19.0 Å². The molecule has 1 aliphatic carbocycles. The second-order valence-electron chi connectivity index (χ2n) is 6.29. The lowest BCUT2D eigenvalue weighted by Gasteiger charge is -2.30. The molecule has 1 N–H and O–H groups in total. The van der Waals surface area contributed by atoms with Crippen LogP contribution in [0.15, 0.2) is 18.2 Å². The first kappa shape index (κ1) is 16.8. The van der Waals surface area contributed by atoms with Gasteiger partial charge in [-0.3, -0.25) is 0 Å². The van der Waals surface area contributed by atoms with Crippen molar-refractivity contribution in [2.45, 2.75) is 44.8 Å². The lowest BCUT2D eigenvalue weighted by Crippen LogP contribution is -2.31. The van der Waals surface area contributed by atoms with E-state index in [1.165, 1.54) is 13.2 Å². The van der Waals surface area contributed by atoms with Gasteiger partial charge in [0.2, 0.25) is 5.82 Å². The molecule has 0 saturated heterocycles. The monoisotopic (exact) mass is 339 g/mol. The van der Waals surface area contributed by atoms with Crippen molar-refractivity contribution in [3.05, 3.63) is 24.0 Å². The summed E-state index contributed by atoms with van der Waals surface area (Å²) < 4.78 is 44.5. The van der Waals surface area contributed by atoms with Crippen LogP contribution in [-0.2, 0) is 6.18 Å². The molecule has 1 aromatic heterocycles. The summed E-state index contributed by atoms with van der Waals surface area (Å²) in [5.41, 5.74) is 0.225. The molecule has 1 aliphatic rings. The molecule has 0 radical (unpaired) electrons. The number of halogens is 3. The predicted octanol–water partition coefficient (Wildman–Crippen LogP) is 4.65. The molecule has 0 amide bonds. The molecule has 1 aromatic carbocycles. The minimum absolute atomic E-state index is 0.125. The normalized spacial score (nSPS) is 21.7. The van der Waals surface area contributed by atoms with Crippen molar-refractivity contribution in [2.24, 2.45) is 5.92 Å². The second-order valence-corrected chi connectivity index (χ2v) is 6.29. The van der Waals surface area contributed by atoms with Crippen LogP contribution in [0, 0.1) is 5.92 Å². The van der Waals surface area contributed by atoms with Gasteiger partial charge in [0.1, 0.15) is 11.6 Å². The first-order chi connectivity index (χ1) is 11.4. The number of aromatic nitrogens is 2. The van der Waals surface area contributed by atoms with Crippen molar-refractivity contribution < 1.29 is 17.9 Å². The average Bonchev–Trinajstić information content (AvgIpc) is 2.55. The van der Waals surface area contributed by atoms with Gasteiger partial charge in [0.25, 0.3) is 0 Å². The van der Waals surface area contributed by atoms with E-state index in [4.69, 9.17) is 4.74 Å². The number of fused-ring (bicyclic) bond motifs is 1. The summed E-state index contributed by atoms with van der Waals surface area (Å²) in [4.78, 5) is 7.44. The number of methoxy groups -OCH3 is 1. The molecular weight excluding hydrogens is 319 g/mol. The second kappa shape index (κ2) is 6.45. The summed E-state index contributed by atoms with van der Waals surface area (Å²) in [6.45, 7) is 2.12. The molecule has 0 bridgehead atoms. The van der Waals surface area contributed by atoms with Gasteiger partial charge in [-0.25, -0.2) is 9.97 Å². The number of hydrogen-bond donors (Lipinski definition) is 1. The third-order valence-corrected chi connectivity index (χ3v) is 4.59. The third-order valence-electron chi connectivity index (χ3n) is 4.59. The van der Waals surface area contributed by atoms with Crippen LogP contribution in [0.25, 0.3) is 10.9 Å². The largest absolute Gasteiger partial charge is 0.497 e. The Bertz CT molecular complexity index is 733. The van der Waals surface area contributed by atoms with Crippen LogP contribution in [0.3, 0.4) is 0 Å². The number of hydrogen-bond acceptors (Lipinski definition) is 4. The van der Waals surface area contributed by atoms with Crippen LogP contribution in [0.5, 0.6) is 5.75 Å². The molecule has 130 valence electrons. The van der Waals surface area contributed by atoms with Crippen molar-refractivity contribution >= 4 is 16.7 Å². The molecule has 2 atom stereocenters. The minimum atomic E-state index is -4.59. The maximum absolute atomic E-state index is 13.1. The van der Waals surface area contributed by atoms with E-state index in [0.29, 0.717) is 17.1 Å². The smallest absolute Gasteiger partial charge is 0.451 e. The number of nitrogens with zero attached hydrogens (tertiary/aromatic N) is 2. The first-order valence-corrected chi connectivity index (χ1v) is 8.08. The van der Waals surface area contributed by atoms with E-state index in [9.17, 15) is 13.2 Å². The Morgan fingerprint density at radius 3 is 2.58 bits per heavy atom. The molecule has 24 heavy (non-hydrogen) atoms. The SMILES string of the molecule is COc1ccc2c(NC3CCCCC3C)nc(C(F)(F)F)nc2c1. The summed E-state index contributed by atoms with van der Waals surface area (Å²) in [6, 6.07) is 5.03. The fraction of sp³-hybridized carbons (Fsp3) is 0.529. The maximum atomic E-state index is 13.1. The molecule has 2 unspecified atom stereocenters. The highest BCUT2D eigenvalue weighted by Gasteiger charge is 2.36. The van der Waals surface area contributed by atoms with E-state index in [-0.39, 0.29) is 17.4 Å². The van der Waals surface area contributed by atoms with Gasteiger partial charge in [0, 0.05) is 17.5 Å². The van der Waals surface area contributed by atoms with Gasteiger partial charge in [0.05, 0.1) is 12.6 Å². The van der Waals surface area contributed by atoms with Gasteiger partial charge in [-0.15, -0.1) is 0 Å². The van der Waals surface area contributed by atoms with Crippen LogP contribution < -0.4 is 10.1 Å². The summed E-state index contributed by atoms with van der Waals surface area (Å²) in [6.07, 6.45) is -0.351. The van der Waals surface area contributed by atoms with Crippen molar-refractivity contribution in [1.29, 1.82) is 0 Å². The van der Waals surface area contributed by atoms with Crippen molar-refractivity contribution in [2.75, 3.05) is 12.4 Å². The highest BCUT2D eigenvalue weighted by atomic mass is 19.4. The van der Waals surface area contributed by atoms with Gasteiger partial charge in [0.15, 0.2) is 0 Å². The number of benzene rings is 1. The molecule has 2 aromatic rings. The summed E-state index contributed by atoms with van der Waals surface area (Å²) in [7, 11) is 1.47. The van der Waals surface area contributed by atoms with Gasteiger partial charge < -0.3 is 10.1 Å². The molecule has 3 rings (SSSR count). The van der Waals surface area contributed by atoms with E-state index in [1.807, 2.05) is 0 Å². The fourth-order valence-corrected chi connectivity index (χ4v) is 3.18. The Morgan fingerprint density at radius 2 is 1.92 bits per heavy atom. The Kier molecular flexibility index (Phi) is 4.51. The Labute approximate surface area is 138 Å². The fourth-order valence-electron chi connectivity index (χ4n) is 3.18. The van der Waals surface area contributed by atoms with Crippen LogP contribution >= 0.6 is 0 Å². The van der Waals surface area contributed by atoms with Crippen molar-refractivity contribution in [3.63, 3.8) is 0 Å². The zero-order valence-corrected chi connectivity index (χ0v) is 13.7. The van der Waals surface area contributed by atoms with Crippen molar-refractivity contribution in [1.82, 2.24) is 9.97 Å². The predicted molar refractivity (Wildman–Crippen MR) is 86.1 cm³/mol. The van der Waals surface area contributed by atoms with E-state index >= 15 is 0 Å². The molecule has 0 aliphatic heterocycles. The number of anilines is 1. The van der Waals surface area contributed by atoms with Gasteiger partial charge >= 0.3 is 6.18 Å². The molecule has 0 spiro atoms. The average molecular weight is 339 g/mol. The van der Waals surface area contributed by atoms with E-state index in [0.717, 1.165) is 25.7 Å². The van der Waals surface area contributed by atoms with Gasteiger partial charge in [-0.1, -0.05) is 19.8 Å². The molecule has 1 heterocycles.